The van der Waals surface area contributed by atoms with Crippen molar-refractivity contribution in [1.29, 1.82) is 0 Å². The van der Waals surface area contributed by atoms with Crippen molar-refractivity contribution in [2.75, 3.05) is 30.3 Å². The third kappa shape index (κ3) is 5.85. The van der Waals surface area contributed by atoms with Crippen LogP contribution in [0.4, 0.5) is 10.5 Å². The molecule has 0 bridgehead atoms. The van der Waals surface area contributed by atoms with Crippen LogP contribution in [0.1, 0.15) is 46.1 Å². The van der Waals surface area contributed by atoms with Crippen LogP contribution < -0.4 is 4.90 Å². The number of likely N-dealkylation sites (tertiary alicyclic amines) is 1. The highest BCUT2D eigenvalue weighted by atomic mass is 35.7. The molecule has 1 aromatic heterocycles. The van der Waals surface area contributed by atoms with Crippen LogP contribution in [0, 0.1) is 5.92 Å². The first-order valence-corrected chi connectivity index (χ1v) is 12.1. The molecule has 29 heavy (non-hydrogen) atoms. The number of piperidine rings is 1. The number of hydrogen-bond donors (Lipinski definition) is 0. The van der Waals surface area contributed by atoms with Gasteiger partial charge in [-0.15, -0.1) is 0 Å². The highest BCUT2D eigenvalue weighted by molar-refractivity contribution is 8.13. The fourth-order valence-electron chi connectivity index (χ4n) is 3.73. The Morgan fingerprint density at radius 1 is 1.31 bits per heavy atom. The Bertz CT molecular complexity index is 871. The molecule has 0 aromatic carbocycles. The quantitative estimate of drug-likeness (QED) is 0.658. The van der Waals surface area contributed by atoms with Gasteiger partial charge in [-0.3, -0.25) is 9.48 Å². The fourth-order valence-corrected chi connectivity index (χ4v) is 5.05. The van der Waals surface area contributed by atoms with Crippen molar-refractivity contribution in [3.63, 3.8) is 0 Å². The van der Waals surface area contributed by atoms with Gasteiger partial charge in [0.25, 0.3) is 0 Å². The predicted octanol–water partition coefficient (Wildman–Crippen LogP) is 2.38. The van der Waals surface area contributed by atoms with Gasteiger partial charge in [0.1, 0.15) is 5.60 Å². The van der Waals surface area contributed by atoms with E-state index in [0.717, 1.165) is 12.8 Å². The van der Waals surface area contributed by atoms with E-state index in [-0.39, 0.29) is 36.1 Å². The molecule has 1 atom stereocenters. The minimum Gasteiger partial charge on any atom is -0.444 e. The smallest absolute Gasteiger partial charge is 0.410 e. The molecule has 2 saturated heterocycles. The lowest BCUT2D eigenvalue weighted by atomic mass is 10.1. The summed E-state index contributed by atoms with van der Waals surface area (Å²) in [5.41, 5.74) is 0.132. The molecule has 1 aromatic rings. The van der Waals surface area contributed by atoms with Crippen molar-refractivity contribution in [2.24, 2.45) is 5.92 Å². The van der Waals surface area contributed by atoms with Crippen molar-refractivity contribution in [3.05, 3.63) is 12.4 Å². The SMILES string of the molecule is CC(C)(C)OC(=O)N1CCC(n2cc(N3CC(CS(=O)(=O)Cl)CC3=O)cn2)CC1. The van der Waals surface area contributed by atoms with Crippen LogP contribution in [0.2, 0.25) is 0 Å². The Morgan fingerprint density at radius 2 is 1.97 bits per heavy atom. The summed E-state index contributed by atoms with van der Waals surface area (Å²) in [5, 5.41) is 4.39. The van der Waals surface area contributed by atoms with Gasteiger partial charge < -0.3 is 14.5 Å². The number of halogens is 1. The number of amides is 2. The molecule has 3 rings (SSSR count). The molecule has 2 fully saturated rings. The van der Waals surface area contributed by atoms with Crippen LogP contribution in [0.25, 0.3) is 0 Å². The third-order valence-electron chi connectivity index (χ3n) is 5.03. The molecule has 0 N–H and O–H groups in total. The maximum absolute atomic E-state index is 12.3. The summed E-state index contributed by atoms with van der Waals surface area (Å²) >= 11 is 0. The van der Waals surface area contributed by atoms with Crippen LogP contribution in [0.15, 0.2) is 12.4 Å². The Labute approximate surface area is 175 Å². The summed E-state index contributed by atoms with van der Waals surface area (Å²) in [4.78, 5) is 27.7. The van der Waals surface area contributed by atoms with Crippen molar-refractivity contribution in [2.45, 2.75) is 51.7 Å². The maximum atomic E-state index is 12.3. The van der Waals surface area contributed by atoms with Crippen molar-refractivity contribution >= 4 is 37.4 Å². The van der Waals surface area contributed by atoms with E-state index < -0.39 is 14.7 Å². The molecule has 3 heterocycles. The average molecular weight is 447 g/mol. The molecular formula is C18H27ClN4O5S. The molecule has 162 valence electrons. The van der Waals surface area contributed by atoms with E-state index in [1.54, 1.807) is 16.0 Å². The number of rotatable bonds is 4. The number of carbonyl (C=O) groups excluding carboxylic acids is 2. The molecule has 0 aliphatic carbocycles. The van der Waals surface area contributed by atoms with Crippen LogP contribution in [-0.2, 0) is 18.6 Å². The Balaban J connectivity index is 1.57. The molecule has 0 saturated carbocycles. The summed E-state index contributed by atoms with van der Waals surface area (Å²) in [7, 11) is 1.68. The minimum absolute atomic E-state index is 0.124. The van der Waals surface area contributed by atoms with E-state index in [1.165, 1.54) is 0 Å². The number of ether oxygens (including phenoxy) is 1. The van der Waals surface area contributed by atoms with Gasteiger partial charge in [0.2, 0.25) is 15.0 Å². The zero-order valence-electron chi connectivity index (χ0n) is 16.9. The Kier molecular flexibility index (Phi) is 6.14. The van der Waals surface area contributed by atoms with Crippen LogP contribution in [0.3, 0.4) is 0 Å². The molecule has 1 unspecified atom stereocenters. The van der Waals surface area contributed by atoms with Gasteiger partial charge in [-0.25, -0.2) is 13.2 Å². The monoisotopic (exact) mass is 446 g/mol. The molecule has 0 radical (unpaired) electrons. The number of hydrogen-bond acceptors (Lipinski definition) is 6. The first-order chi connectivity index (χ1) is 13.4. The largest absolute Gasteiger partial charge is 0.444 e. The molecule has 9 nitrogen and oxygen atoms in total. The Hall–Kier alpha value is -1.81. The minimum atomic E-state index is -3.64. The Morgan fingerprint density at radius 3 is 2.55 bits per heavy atom. The van der Waals surface area contributed by atoms with Crippen molar-refractivity contribution < 1.29 is 22.7 Å². The van der Waals surface area contributed by atoms with E-state index in [2.05, 4.69) is 5.10 Å². The molecule has 2 aliphatic rings. The van der Waals surface area contributed by atoms with Crippen LogP contribution in [0.5, 0.6) is 0 Å². The predicted molar refractivity (Wildman–Crippen MR) is 108 cm³/mol. The van der Waals surface area contributed by atoms with E-state index in [1.807, 2.05) is 31.6 Å². The van der Waals surface area contributed by atoms with Crippen LogP contribution in [-0.4, -0.2) is 66.1 Å². The second-order valence-corrected chi connectivity index (χ2v) is 11.5. The lowest BCUT2D eigenvalue weighted by Gasteiger charge is -2.33. The van der Waals surface area contributed by atoms with Gasteiger partial charge in [-0.2, -0.15) is 5.10 Å². The zero-order chi connectivity index (χ0) is 21.4. The van der Waals surface area contributed by atoms with Gasteiger partial charge in [0, 0.05) is 48.9 Å². The maximum Gasteiger partial charge on any atom is 0.410 e. The van der Waals surface area contributed by atoms with E-state index >= 15 is 0 Å². The summed E-state index contributed by atoms with van der Waals surface area (Å²) in [6.07, 6.45) is 4.76. The number of carbonyl (C=O) groups is 2. The highest BCUT2D eigenvalue weighted by Crippen LogP contribution is 2.29. The second kappa shape index (κ2) is 8.14. The molecule has 2 aliphatic heterocycles. The van der Waals surface area contributed by atoms with Gasteiger partial charge in [0.15, 0.2) is 0 Å². The fraction of sp³-hybridized carbons (Fsp3) is 0.722. The average Bonchev–Trinajstić information content (AvgIpc) is 3.18. The second-order valence-electron chi connectivity index (χ2n) is 8.66. The van der Waals surface area contributed by atoms with Gasteiger partial charge in [0.05, 0.1) is 23.7 Å². The van der Waals surface area contributed by atoms with E-state index in [4.69, 9.17) is 15.4 Å². The number of anilines is 1. The summed E-state index contributed by atoms with van der Waals surface area (Å²) < 4.78 is 29.8. The van der Waals surface area contributed by atoms with Gasteiger partial charge in [-0.05, 0) is 33.6 Å². The first kappa shape index (κ1) is 21.9. The summed E-state index contributed by atoms with van der Waals surface area (Å²) in [6, 6.07) is 0.124. The van der Waals surface area contributed by atoms with Crippen LogP contribution >= 0.6 is 10.7 Å². The van der Waals surface area contributed by atoms with Gasteiger partial charge >= 0.3 is 6.09 Å². The van der Waals surface area contributed by atoms with Crippen molar-refractivity contribution in [1.82, 2.24) is 14.7 Å². The van der Waals surface area contributed by atoms with E-state index in [0.29, 0.717) is 25.3 Å². The molecule has 0 spiro atoms. The number of nitrogens with zero attached hydrogens (tertiary/aromatic N) is 4. The number of aromatic nitrogens is 2. The lowest BCUT2D eigenvalue weighted by Crippen LogP contribution is -2.42. The standard InChI is InChI=1S/C18H27ClN4O5S/c1-18(2,3)28-17(25)21-6-4-14(5-7-21)23-11-15(9-20-23)22-10-13(8-16(22)24)12-29(19,26)27/h9,11,13-14H,4-8,10,12H2,1-3H3. The topological polar surface area (TPSA) is 102 Å². The first-order valence-electron chi connectivity index (χ1n) is 9.66. The molecule has 2 amide bonds. The third-order valence-corrected chi connectivity index (χ3v) is 6.28. The highest BCUT2D eigenvalue weighted by Gasteiger charge is 2.34. The van der Waals surface area contributed by atoms with E-state index in [9.17, 15) is 18.0 Å². The molecular weight excluding hydrogens is 420 g/mol. The zero-order valence-corrected chi connectivity index (χ0v) is 18.4. The summed E-state index contributed by atoms with van der Waals surface area (Å²) in [6.45, 7) is 6.99. The lowest BCUT2D eigenvalue weighted by molar-refractivity contribution is -0.117. The normalized spacial score (nSPS) is 21.7. The summed E-state index contributed by atoms with van der Waals surface area (Å²) in [5.74, 6) is -0.659. The van der Waals surface area contributed by atoms with Crippen molar-refractivity contribution in [3.8, 4) is 0 Å². The molecule has 11 heteroatoms. The van der Waals surface area contributed by atoms with Gasteiger partial charge in [-0.1, -0.05) is 0 Å².